The van der Waals surface area contributed by atoms with E-state index in [9.17, 15) is 9.18 Å². The lowest BCUT2D eigenvalue weighted by molar-refractivity contribution is 0.0697. The van der Waals surface area contributed by atoms with Crippen LogP contribution < -0.4 is 0 Å². The number of halogens is 2. The van der Waals surface area contributed by atoms with E-state index in [1.807, 2.05) is 12.1 Å². The van der Waals surface area contributed by atoms with Gasteiger partial charge in [-0.3, -0.25) is 0 Å². The molecule has 3 rings (SSSR count). The summed E-state index contributed by atoms with van der Waals surface area (Å²) in [5.74, 6) is -1.39. The molecule has 0 saturated heterocycles. The largest absolute Gasteiger partial charge is 0.478 e. The first-order valence-electron chi connectivity index (χ1n) is 6.28. The van der Waals surface area contributed by atoms with Crippen LogP contribution in [0.4, 0.5) is 4.39 Å². The second-order valence-corrected chi connectivity index (χ2v) is 5.05. The highest BCUT2D eigenvalue weighted by atomic mass is 35.5. The maximum atomic E-state index is 13.8. The average Bonchev–Trinajstić information content (AvgIpc) is 2.48. The van der Waals surface area contributed by atoms with E-state index in [-0.39, 0.29) is 16.4 Å². The Hall–Kier alpha value is -2.39. The topological polar surface area (TPSA) is 37.3 Å². The minimum Gasteiger partial charge on any atom is -0.478 e. The molecule has 0 bridgehead atoms. The van der Waals surface area contributed by atoms with Crippen molar-refractivity contribution in [2.45, 2.75) is 0 Å². The monoisotopic (exact) mass is 300 g/mol. The van der Waals surface area contributed by atoms with Crippen LogP contribution >= 0.6 is 11.6 Å². The van der Waals surface area contributed by atoms with E-state index in [1.165, 1.54) is 12.1 Å². The molecule has 0 fully saturated rings. The first kappa shape index (κ1) is 13.6. The molecular formula is C17H10ClFO2. The first-order valence-corrected chi connectivity index (χ1v) is 6.66. The molecule has 21 heavy (non-hydrogen) atoms. The molecule has 0 aromatic heterocycles. The SMILES string of the molecule is O=C(O)c1cc(-c2ccc(F)c3ccccc23)ccc1Cl. The molecule has 0 aliphatic carbocycles. The number of carbonyl (C=O) groups is 1. The number of hydrogen-bond acceptors (Lipinski definition) is 1. The number of carboxylic acid groups (broad SMARTS) is 1. The van der Waals surface area contributed by atoms with E-state index in [0.29, 0.717) is 10.9 Å². The fourth-order valence-electron chi connectivity index (χ4n) is 2.37. The zero-order valence-electron chi connectivity index (χ0n) is 10.8. The molecule has 0 aliphatic heterocycles. The van der Waals surface area contributed by atoms with Crippen molar-refractivity contribution in [3.05, 3.63) is 71.0 Å². The third-order valence-corrected chi connectivity index (χ3v) is 3.71. The van der Waals surface area contributed by atoms with Gasteiger partial charge in [-0.2, -0.15) is 0 Å². The molecule has 1 N–H and O–H groups in total. The van der Waals surface area contributed by atoms with Gasteiger partial charge in [-0.05, 0) is 34.7 Å². The van der Waals surface area contributed by atoms with Crippen molar-refractivity contribution >= 4 is 28.3 Å². The normalized spacial score (nSPS) is 10.8. The Balaban J connectivity index is 2.29. The van der Waals surface area contributed by atoms with E-state index in [1.54, 1.807) is 30.3 Å². The Morgan fingerprint density at radius 1 is 1.00 bits per heavy atom. The van der Waals surface area contributed by atoms with Crippen LogP contribution in [-0.4, -0.2) is 11.1 Å². The number of aromatic carboxylic acids is 1. The molecule has 0 spiro atoms. The van der Waals surface area contributed by atoms with E-state index in [0.717, 1.165) is 10.9 Å². The zero-order chi connectivity index (χ0) is 15.0. The predicted molar refractivity (Wildman–Crippen MR) is 81.3 cm³/mol. The summed E-state index contributed by atoms with van der Waals surface area (Å²) in [6.07, 6.45) is 0. The summed E-state index contributed by atoms with van der Waals surface area (Å²) < 4.78 is 13.8. The highest BCUT2D eigenvalue weighted by Crippen LogP contribution is 2.32. The molecule has 104 valence electrons. The molecule has 3 aromatic rings. The van der Waals surface area contributed by atoms with Crippen LogP contribution in [0.25, 0.3) is 21.9 Å². The summed E-state index contributed by atoms with van der Waals surface area (Å²) in [7, 11) is 0. The summed E-state index contributed by atoms with van der Waals surface area (Å²) >= 11 is 5.88. The molecular weight excluding hydrogens is 291 g/mol. The number of fused-ring (bicyclic) bond motifs is 1. The quantitative estimate of drug-likeness (QED) is 0.723. The van der Waals surface area contributed by atoms with Crippen molar-refractivity contribution in [3.63, 3.8) is 0 Å². The second-order valence-electron chi connectivity index (χ2n) is 4.64. The van der Waals surface area contributed by atoms with Crippen LogP contribution in [0.3, 0.4) is 0 Å². The summed E-state index contributed by atoms with van der Waals surface area (Å²) in [6, 6.07) is 14.9. The Morgan fingerprint density at radius 3 is 2.43 bits per heavy atom. The van der Waals surface area contributed by atoms with E-state index in [2.05, 4.69) is 0 Å². The maximum Gasteiger partial charge on any atom is 0.337 e. The van der Waals surface area contributed by atoms with Gasteiger partial charge in [0.25, 0.3) is 0 Å². The van der Waals surface area contributed by atoms with Gasteiger partial charge in [0.15, 0.2) is 0 Å². The van der Waals surface area contributed by atoms with Crippen LogP contribution in [0.1, 0.15) is 10.4 Å². The van der Waals surface area contributed by atoms with Crippen molar-refractivity contribution in [2.24, 2.45) is 0 Å². The van der Waals surface area contributed by atoms with Crippen LogP contribution in [0.5, 0.6) is 0 Å². The first-order chi connectivity index (χ1) is 10.1. The average molecular weight is 301 g/mol. The maximum absolute atomic E-state index is 13.8. The molecule has 2 nitrogen and oxygen atoms in total. The van der Waals surface area contributed by atoms with Crippen LogP contribution in [-0.2, 0) is 0 Å². The van der Waals surface area contributed by atoms with Gasteiger partial charge in [-0.25, -0.2) is 9.18 Å². The molecule has 0 radical (unpaired) electrons. The van der Waals surface area contributed by atoms with Gasteiger partial charge in [0.1, 0.15) is 5.82 Å². The molecule has 0 unspecified atom stereocenters. The van der Waals surface area contributed by atoms with Gasteiger partial charge >= 0.3 is 5.97 Å². The third-order valence-electron chi connectivity index (χ3n) is 3.38. The summed E-state index contributed by atoms with van der Waals surface area (Å²) in [6.45, 7) is 0. The highest BCUT2D eigenvalue weighted by Gasteiger charge is 2.12. The van der Waals surface area contributed by atoms with Crippen LogP contribution in [0.2, 0.25) is 5.02 Å². The molecule has 3 aromatic carbocycles. The molecule has 0 atom stereocenters. The summed E-state index contributed by atoms with van der Waals surface area (Å²) in [4.78, 5) is 11.2. The lowest BCUT2D eigenvalue weighted by Gasteiger charge is -2.09. The fraction of sp³-hybridized carbons (Fsp3) is 0. The minimum atomic E-state index is -1.09. The van der Waals surface area contributed by atoms with Gasteiger partial charge in [-0.1, -0.05) is 48.0 Å². The van der Waals surface area contributed by atoms with Gasteiger partial charge in [0.2, 0.25) is 0 Å². The molecule has 0 amide bonds. The standard InChI is InChI=1S/C17H10ClFO2/c18-15-7-5-10(9-14(15)17(20)21)11-6-8-16(19)13-4-2-1-3-12(11)13/h1-9H,(H,20,21). The fourth-order valence-corrected chi connectivity index (χ4v) is 2.57. The molecule has 4 heteroatoms. The number of benzene rings is 3. The Bertz CT molecular complexity index is 859. The van der Waals surface area contributed by atoms with Crippen LogP contribution in [0.15, 0.2) is 54.6 Å². The number of hydrogen-bond donors (Lipinski definition) is 1. The lowest BCUT2D eigenvalue weighted by atomic mass is 9.96. The Labute approximate surface area is 125 Å². The number of rotatable bonds is 2. The van der Waals surface area contributed by atoms with Crippen molar-refractivity contribution < 1.29 is 14.3 Å². The highest BCUT2D eigenvalue weighted by molar-refractivity contribution is 6.33. The number of carboxylic acids is 1. The minimum absolute atomic E-state index is 0.0302. The third kappa shape index (κ3) is 2.36. The van der Waals surface area contributed by atoms with E-state index < -0.39 is 5.97 Å². The van der Waals surface area contributed by atoms with Crippen molar-refractivity contribution in [2.75, 3.05) is 0 Å². The molecule has 0 aliphatic rings. The van der Waals surface area contributed by atoms with Gasteiger partial charge in [0, 0.05) is 5.39 Å². The van der Waals surface area contributed by atoms with Gasteiger partial charge in [0.05, 0.1) is 10.6 Å². The second kappa shape index (κ2) is 5.19. The van der Waals surface area contributed by atoms with E-state index >= 15 is 0 Å². The Morgan fingerprint density at radius 2 is 1.71 bits per heavy atom. The van der Waals surface area contributed by atoms with Crippen LogP contribution in [0, 0.1) is 5.82 Å². The predicted octanol–water partition coefficient (Wildman–Crippen LogP) is 5.00. The van der Waals surface area contributed by atoms with Crippen molar-refractivity contribution in [3.8, 4) is 11.1 Å². The smallest absolute Gasteiger partial charge is 0.337 e. The zero-order valence-corrected chi connectivity index (χ0v) is 11.6. The van der Waals surface area contributed by atoms with Gasteiger partial charge < -0.3 is 5.11 Å². The van der Waals surface area contributed by atoms with Gasteiger partial charge in [-0.15, -0.1) is 0 Å². The summed E-state index contributed by atoms with van der Waals surface area (Å²) in [5.41, 5.74) is 1.49. The van der Waals surface area contributed by atoms with Crippen molar-refractivity contribution in [1.82, 2.24) is 0 Å². The molecule has 0 saturated carbocycles. The van der Waals surface area contributed by atoms with Crippen molar-refractivity contribution in [1.29, 1.82) is 0 Å². The summed E-state index contributed by atoms with van der Waals surface area (Å²) in [5, 5.41) is 10.6. The Kier molecular flexibility index (Phi) is 3.35. The lowest BCUT2D eigenvalue weighted by Crippen LogP contribution is -1.97. The molecule has 0 heterocycles. The van der Waals surface area contributed by atoms with E-state index in [4.69, 9.17) is 16.7 Å².